The van der Waals surface area contributed by atoms with Gasteiger partial charge < -0.3 is 24.4 Å². The van der Waals surface area contributed by atoms with Crippen LogP contribution in [0.25, 0.3) is 10.9 Å². The smallest absolute Gasteiger partial charge is 0.253 e. The molecule has 1 amide bonds. The highest BCUT2D eigenvalue weighted by Crippen LogP contribution is 2.62. The molecule has 0 spiro atoms. The maximum atomic E-state index is 13.9. The van der Waals surface area contributed by atoms with Crippen LogP contribution in [0, 0.1) is 23.7 Å². The molecule has 2 aromatic rings. The molecule has 1 aromatic carbocycles. The Kier molecular flexibility index (Phi) is 6.41. The molecule has 192 valence electrons. The Bertz CT molecular complexity index is 1090. The van der Waals surface area contributed by atoms with Crippen molar-refractivity contribution < 1.29 is 9.53 Å². The number of carbonyl (C=O) groups excluding carboxylic acids is 1. The minimum Gasteiger partial charge on any atom is -0.495 e. The second kappa shape index (κ2) is 9.11. The zero-order valence-electron chi connectivity index (χ0n) is 22.6. The summed E-state index contributed by atoms with van der Waals surface area (Å²) in [6.45, 7) is 15.7. The number of likely N-dealkylation sites (N-methyl/N-ethyl adjacent to an activating group) is 1. The van der Waals surface area contributed by atoms with Gasteiger partial charge in [0.1, 0.15) is 5.75 Å². The number of ether oxygens (including phenoxy) is 1. The minimum absolute atomic E-state index is 0.0745. The number of methoxy groups -OCH3 is 1. The molecule has 3 atom stereocenters. The molecule has 6 nitrogen and oxygen atoms in total. The highest BCUT2D eigenvalue weighted by atomic mass is 16.5. The molecule has 35 heavy (non-hydrogen) atoms. The molecule has 2 heterocycles. The van der Waals surface area contributed by atoms with Crippen LogP contribution in [0.4, 0.5) is 0 Å². The summed E-state index contributed by atoms with van der Waals surface area (Å²) in [6, 6.07) is 6.32. The molecule has 3 aliphatic rings. The first kappa shape index (κ1) is 24.6. The van der Waals surface area contributed by atoms with E-state index in [0.29, 0.717) is 5.92 Å². The highest BCUT2D eigenvalue weighted by Gasteiger charge is 2.59. The van der Waals surface area contributed by atoms with Crippen molar-refractivity contribution in [1.82, 2.24) is 19.7 Å². The molecule has 5 rings (SSSR count). The van der Waals surface area contributed by atoms with Crippen molar-refractivity contribution in [3.63, 3.8) is 0 Å². The summed E-state index contributed by atoms with van der Waals surface area (Å²) < 4.78 is 8.10. The Morgan fingerprint density at radius 2 is 1.89 bits per heavy atom. The summed E-state index contributed by atoms with van der Waals surface area (Å²) in [7, 11) is 3.92. The fourth-order valence-corrected chi connectivity index (χ4v) is 7.62. The predicted octanol–water partition coefficient (Wildman–Crippen LogP) is 4.54. The number of para-hydroxylation sites is 1. The number of fused-ring (bicyclic) bond motifs is 3. The zero-order chi connectivity index (χ0) is 25.0. The molecule has 3 fully saturated rings. The van der Waals surface area contributed by atoms with Crippen molar-refractivity contribution in [2.75, 3.05) is 46.9 Å². The first-order valence-electron chi connectivity index (χ1n) is 13.5. The van der Waals surface area contributed by atoms with Crippen molar-refractivity contribution in [2.45, 2.75) is 66.0 Å². The SMILES string of the molecule is COc1cccc2c(C(=O)N[C@@H]3C(C)(C)C4CC[C@@]3(C)C4)c(C)n(CCCN3CCN(C)CC3)c12. The Hall–Kier alpha value is -2.05. The molecule has 1 unspecified atom stereocenters. The molecular formula is C29H44N4O2. The van der Waals surface area contributed by atoms with E-state index in [4.69, 9.17) is 4.74 Å². The van der Waals surface area contributed by atoms with Gasteiger partial charge in [0.25, 0.3) is 5.91 Å². The predicted molar refractivity (Wildman–Crippen MR) is 142 cm³/mol. The Balaban J connectivity index is 1.41. The number of nitrogens with one attached hydrogen (secondary N) is 1. The Morgan fingerprint density at radius 3 is 2.54 bits per heavy atom. The van der Waals surface area contributed by atoms with E-state index in [1.54, 1.807) is 7.11 Å². The van der Waals surface area contributed by atoms with E-state index >= 15 is 0 Å². The summed E-state index contributed by atoms with van der Waals surface area (Å²) in [5.41, 5.74) is 3.26. The second-order valence-corrected chi connectivity index (χ2v) is 12.3. The first-order chi connectivity index (χ1) is 16.7. The number of rotatable bonds is 7. The van der Waals surface area contributed by atoms with E-state index in [0.717, 1.165) is 73.6 Å². The molecule has 1 aromatic heterocycles. The van der Waals surface area contributed by atoms with E-state index < -0.39 is 0 Å². The Labute approximate surface area is 211 Å². The molecule has 1 aliphatic heterocycles. The maximum absolute atomic E-state index is 13.9. The summed E-state index contributed by atoms with van der Waals surface area (Å²) in [5.74, 6) is 1.62. The number of aryl methyl sites for hydroxylation is 1. The van der Waals surface area contributed by atoms with Crippen molar-refractivity contribution in [3.05, 3.63) is 29.5 Å². The van der Waals surface area contributed by atoms with Crippen LogP contribution in [0.2, 0.25) is 0 Å². The lowest BCUT2D eigenvalue weighted by molar-refractivity contribution is 0.0738. The van der Waals surface area contributed by atoms with Crippen LogP contribution < -0.4 is 10.1 Å². The average molecular weight is 481 g/mol. The fourth-order valence-electron chi connectivity index (χ4n) is 7.62. The van der Waals surface area contributed by atoms with Gasteiger partial charge in [-0.05, 0) is 69.0 Å². The van der Waals surface area contributed by atoms with Gasteiger partial charge in [0.05, 0.1) is 18.2 Å². The summed E-state index contributed by atoms with van der Waals surface area (Å²) in [4.78, 5) is 18.9. The van der Waals surface area contributed by atoms with Crippen molar-refractivity contribution >= 4 is 16.8 Å². The lowest BCUT2D eigenvalue weighted by Crippen LogP contribution is -2.52. The standard InChI is InChI=1S/C29H44N4O2/c1-20-24(26(34)30-27-28(2,3)21-11-12-29(27,4)19-21)22-9-7-10-23(35-6)25(22)33(20)14-8-13-32-17-15-31(5)16-18-32/h7,9-10,21,27H,8,11-19H2,1-6H3,(H,30,34)/t21?,27-,29+/m1/s1. The number of piperazine rings is 1. The van der Waals surface area contributed by atoms with E-state index in [1.165, 1.54) is 19.3 Å². The minimum atomic E-state index is 0.0745. The molecule has 1 N–H and O–H groups in total. The van der Waals surface area contributed by atoms with Gasteiger partial charge in [-0.1, -0.05) is 32.9 Å². The molecule has 0 radical (unpaired) electrons. The molecule has 2 bridgehead atoms. The van der Waals surface area contributed by atoms with E-state index in [1.807, 2.05) is 12.1 Å². The van der Waals surface area contributed by atoms with E-state index in [-0.39, 0.29) is 22.8 Å². The number of aromatic nitrogens is 1. The third-order valence-corrected chi connectivity index (χ3v) is 9.75. The monoisotopic (exact) mass is 480 g/mol. The van der Waals surface area contributed by atoms with Crippen molar-refractivity contribution in [1.29, 1.82) is 0 Å². The highest BCUT2D eigenvalue weighted by molar-refractivity contribution is 6.09. The number of hydrogen-bond donors (Lipinski definition) is 1. The van der Waals surface area contributed by atoms with Crippen LogP contribution in [-0.2, 0) is 6.54 Å². The fraction of sp³-hybridized carbons (Fsp3) is 0.690. The van der Waals surface area contributed by atoms with Crippen LogP contribution in [0.1, 0.15) is 62.5 Å². The van der Waals surface area contributed by atoms with Gasteiger partial charge in [-0.25, -0.2) is 0 Å². The van der Waals surface area contributed by atoms with Gasteiger partial charge >= 0.3 is 0 Å². The van der Waals surface area contributed by atoms with Gasteiger partial charge in [0.2, 0.25) is 0 Å². The molecule has 1 saturated heterocycles. The van der Waals surface area contributed by atoms with Gasteiger partial charge in [-0.2, -0.15) is 0 Å². The Morgan fingerprint density at radius 1 is 1.14 bits per heavy atom. The number of nitrogens with zero attached hydrogens (tertiary/aromatic N) is 3. The quantitative estimate of drug-likeness (QED) is 0.632. The van der Waals surface area contributed by atoms with Gasteiger partial charge in [0, 0.05) is 49.8 Å². The largest absolute Gasteiger partial charge is 0.495 e. The van der Waals surface area contributed by atoms with Crippen molar-refractivity contribution in [3.8, 4) is 5.75 Å². The van der Waals surface area contributed by atoms with Crippen molar-refractivity contribution in [2.24, 2.45) is 16.7 Å². The number of hydrogen-bond acceptors (Lipinski definition) is 4. The topological polar surface area (TPSA) is 49.7 Å². The van der Waals surface area contributed by atoms with Gasteiger partial charge in [-0.15, -0.1) is 0 Å². The number of carbonyl (C=O) groups is 1. The lowest BCUT2D eigenvalue weighted by Gasteiger charge is -2.43. The van der Waals surface area contributed by atoms with Gasteiger partial charge in [0.15, 0.2) is 0 Å². The lowest BCUT2D eigenvalue weighted by atomic mass is 9.68. The van der Waals surface area contributed by atoms with Gasteiger partial charge in [-0.3, -0.25) is 4.79 Å². The van der Waals surface area contributed by atoms with Crippen LogP contribution >= 0.6 is 0 Å². The summed E-state index contributed by atoms with van der Waals surface area (Å²) in [6.07, 6.45) is 4.79. The summed E-state index contributed by atoms with van der Waals surface area (Å²) >= 11 is 0. The first-order valence-corrected chi connectivity index (χ1v) is 13.5. The molecule has 2 saturated carbocycles. The molecular weight excluding hydrogens is 436 g/mol. The molecule has 6 heteroatoms. The molecule has 2 aliphatic carbocycles. The maximum Gasteiger partial charge on any atom is 0.253 e. The van der Waals surface area contributed by atoms with Crippen LogP contribution in [-0.4, -0.2) is 73.2 Å². The van der Waals surface area contributed by atoms with Crippen LogP contribution in [0.5, 0.6) is 5.75 Å². The average Bonchev–Trinajstić information content (AvgIpc) is 3.42. The van der Waals surface area contributed by atoms with E-state index in [2.05, 4.69) is 60.5 Å². The van der Waals surface area contributed by atoms with E-state index in [9.17, 15) is 4.79 Å². The van der Waals surface area contributed by atoms with Crippen LogP contribution in [0.15, 0.2) is 18.2 Å². The van der Waals surface area contributed by atoms with Crippen LogP contribution in [0.3, 0.4) is 0 Å². The third-order valence-electron chi connectivity index (χ3n) is 9.75. The normalized spacial score (nSPS) is 28.6. The summed E-state index contributed by atoms with van der Waals surface area (Å²) in [5, 5.41) is 4.55. The zero-order valence-corrected chi connectivity index (χ0v) is 22.6. The number of benzene rings is 1. The second-order valence-electron chi connectivity index (χ2n) is 12.3. The number of amides is 1. The third kappa shape index (κ3) is 4.17.